The van der Waals surface area contributed by atoms with Crippen LogP contribution in [0.25, 0.3) is 0 Å². The molecule has 0 aromatic rings. The first-order chi connectivity index (χ1) is 29.8. The summed E-state index contributed by atoms with van der Waals surface area (Å²) in [6, 6.07) is 0. The van der Waals surface area contributed by atoms with Gasteiger partial charge in [-0.1, -0.05) is 266 Å². The van der Waals surface area contributed by atoms with Crippen molar-refractivity contribution in [3.05, 3.63) is 0 Å². The Balaban J connectivity index is 4.28. The van der Waals surface area contributed by atoms with Gasteiger partial charge in [0.2, 0.25) is 0 Å². The van der Waals surface area contributed by atoms with Gasteiger partial charge in [-0.25, -0.2) is 0 Å². The minimum absolute atomic E-state index is 0.0636. The van der Waals surface area contributed by atoms with Crippen LogP contribution >= 0.6 is 0 Å². The lowest BCUT2D eigenvalue weighted by Gasteiger charge is -2.18. The minimum atomic E-state index is -0.762. The lowest BCUT2D eigenvalue weighted by Crippen LogP contribution is -2.30. The molecule has 0 N–H and O–H groups in total. The van der Waals surface area contributed by atoms with Crippen molar-refractivity contribution in [1.82, 2.24) is 0 Å². The molecule has 0 aliphatic carbocycles. The van der Waals surface area contributed by atoms with E-state index in [9.17, 15) is 14.4 Å². The van der Waals surface area contributed by atoms with Crippen LogP contribution in [0.1, 0.15) is 304 Å². The fourth-order valence-corrected chi connectivity index (χ4v) is 8.31. The predicted octanol–water partition coefficient (Wildman–Crippen LogP) is 17.7. The summed E-state index contributed by atoms with van der Waals surface area (Å²) in [5, 5.41) is 0. The van der Waals surface area contributed by atoms with Crippen LogP contribution in [0.4, 0.5) is 0 Å². The number of carbonyl (C=O) groups excluding carboxylic acids is 3. The van der Waals surface area contributed by atoms with Gasteiger partial charge < -0.3 is 14.2 Å². The van der Waals surface area contributed by atoms with Crippen LogP contribution in [0.5, 0.6) is 0 Å². The van der Waals surface area contributed by atoms with Crippen molar-refractivity contribution in [2.75, 3.05) is 13.2 Å². The lowest BCUT2D eigenvalue weighted by atomic mass is 9.99. The molecular weight excluding hydrogens is 757 g/mol. The van der Waals surface area contributed by atoms with Gasteiger partial charge in [-0.05, 0) is 31.1 Å². The van der Waals surface area contributed by atoms with Gasteiger partial charge in [0.15, 0.2) is 6.10 Å². The second kappa shape index (κ2) is 47.9. The molecule has 0 aromatic carbocycles. The fourth-order valence-electron chi connectivity index (χ4n) is 8.31. The highest BCUT2D eigenvalue weighted by Crippen LogP contribution is 2.18. The topological polar surface area (TPSA) is 78.9 Å². The molecule has 0 rings (SSSR count). The monoisotopic (exact) mass is 863 g/mol. The quantitative estimate of drug-likeness (QED) is 0.0344. The Bertz CT molecular complexity index is 933. The molecule has 0 amide bonds. The maximum absolute atomic E-state index is 12.8. The van der Waals surface area contributed by atoms with E-state index in [1.165, 1.54) is 193 Å². The van der Waals surface area contributed by atoms with Gasteiger partial charge in [-0.3, -0.25) is 14.4 Å². The molecule has 2 atom stereocenters. The van der Waals surface area contributed by atoms with Crippen molar-refractivity contribution < 1.29 is 28.6 Å². The largest absolute Gasteiger partial charge is 0.462 e. The van der Waals surface area contributed by atoms with Crippen molar-refractivity contribution in [3.8, 4) is 0 Å². The molecule has 0 aliphatic heterocycles. The zero-order valence-corrected chi connectivity index (χ0v) is 41.8. The third-order valence-corrected chi connectivity index (χ3v) is 12.8. The molecule has 0 radical (unpaired) electrons. The van der Waals surface area contributed by atoms with Crippen molar-refractivity contribution in [1.29, 1.82) is 0 Å². The van der Waals surface area contributed by atoms with E-state index in [1.807, 2.05) is 0 Å². The molecular formula is C55H106O6. The first-order valence-corrected chi connectivity index (χ1v) is 27.3. The Morgan fingerprint density at radius 1 is 0.344 bits per heavy atom. The van der Waals surface area contributed by atoms with Crippen LogP contribution in [0, 0.1) is 11.8 Å². The summed E-state index contributed by atoms with van der Waals surface area (Å²) >= 11 is 0. The van der Waals surface area contributed by atoms with E-state index in [2.05, 4.69) is 34.6 Å². The smallest absolute Gasteiger partial charge is 0.306 e. The van der Waals surface area contributed by atoms with Crippen LogP contribution in [0.2, 0.25) is 0 Å². The average molecular weight is 863 g/mol. The summed E-state index contributed by atoms with van der Waals surface area (Å²) in [7, 11) is 0. The van der Waals surface area contributed by atoms with Gasteiger partial charge in [-0.2, -0.15) is 0 Å². The normalized spacial score (nSPS) is 12.5. The lowest BCUT2D eigenvalue weighted by molar-refractivity contribution is -0.167. The van der Waals surface area contributed by atoms with E-state index in [4.69, 9.17) is 14.2 Å². The van der Waals surface area contributed by atoms with Gasteiger partial charge in [0, 0.05) is 19.3 Å². The Morgan fingerprint density at radius 3 is 0.934 bits per heavy atom. The maximum atomic E-state index is 12.8. The van der Waals surface area contributed by atoms with E-state index in [-0.39, 0.29) is 31.1 Å². The average Bonchev–Trinajstić information content (AvgIpc) is 3.24. The Hall–Kier alpha value is -1.59. The van der Waals surface area contributed by atoms with Gasteiger partial charge >= 0.3 is 17.9 Å². The van der Waals surface area contributed by atoms with Crippen LogP contribution in [-0.4, -0.2) is 37.2 Å². The SMILES string of the molecule is CCCCCCCCCCCCCCCC(=O)OC[C@@H](COC(=O)CCCCCCCCCCCCCCCCCC(C)C)OC(=O)CCCCCCCCCCC(C)CC. The molecule has 6 nitrogen and oxygen atoms in total. The van der Waals surface area contributed by atoms with Crippen molar-refractivity contribution >= 4 is 17.9 Å². The number of esters is 3. The molecule has 0 aliphatic rings. The number of hydrogen-bond donors (Lipinski definition) is 0. The number of rotatable bonds is 49. The van der Waals surface area contributed by atoms with E-state index in [0.29, 0.717) is 19.3 Å². The Labute approximate surface area is 380 Å². The van der Waals surface area contributed by atoms with Crippen LogP contribution < -0.4 is 0 Å². The third-order valence-electron chi connectivity index (χ3n) is 12.8. The summed E-state index contributed by atoms with van der Waals surface area (Å²) in [5.74, 6) is 0.848. The molecule has 362 valence electrons. The summed E-state index contributed by atoms with van der Waals surface area (Å²) in [5.41, 5.74) is 0. The molecule has 0 heterocycles. The summed E-state index contributed by atoms with van der Waals surface area (Å²) < 4.78 is 16.8. The Kier molecular flexibility index (Phi) is 46.6. The first-order valence-electron chi connectivity index (χ1n) is 27.3. The molecule has 1 unspecified atom stereocenters. The van der Waals surface area contributed by atoms with Crippen molar-refractivity contribution in [3.63, 3.8) is 0 Å². The zero-order chi connectivity index (χ0) is 44.7. The van der Waals surface area contributed by atoms with Gasteiger partial charge in [-0.15, -0.1) is 0 Å². The zero-order valence-electron chi connectivity index (χ0n) is 41.8. The number of hydrogen-bond acceptors (Lipinski definition) is 6. The van der Waals surface area contributed by atoms with E-state index in [0.717, 1.165) is 69.6 Å². The van der Waals surface area contributed by atoms with Crippen molar-refractivity contribution in [2.24, 2.45) is 11.8 Å². The summed E-state index contributed by atoms with van der Waals surface area (Å²) in [4.78, 5) is 38.0. The van der Waals surface area contributed by atoms with Gasteiger partial charge in [0.1, 0.15) is 13.2 Å². The van der Waals surface area contributed by atoms with Crippen LogP contribution in [0.3, 0.4) is 0 Å². The molecule has 61 heavy (non-hydrogen) atoms. The molecule has 0 spiro atoms. The number of ether oxygens (including phenoxy) is 3. The molecule has 0 aromatic heterocycles. The van der Waals surface area contributed by atoms with Gasteiger partial charge in [0.05, 0.1) is 0 Å². The second-order valence-electron chi connectivity index (χ2n) is 19.6. The highest BCUT2D eigenvalue weighted by molar-refractivity contribution is 5.71. The van der Waals surface area contributed by atoms with E-state index >= 15 is 0 Å². The first kappa shape index (κ1) is 59.4. The maximum Gasteiger partial charge on any atom is 0.306 e. The molecule has 0 bridgehead atoms. The molecule has 6 heteroatoms. The standard InChI is InChI=1S/C55H106O6/c1-6-8-9-10-11-12-13-17-21-24-30-35-40-45-53(56)59-48-52(61-55(58)47-42-37-32-27-26-29-34-39-44-51(5)7-2)49-60-54(57)46-41-36-31-25-22-19-16-14-15-18-20-23-28-33-38-43-50(3)4/h50-52H,6-49H2,1-5H3/t51?,52-/m0/s1. The predicted molar refractivity (Wildman–Crippen MR) is 261 cm³/mol. The van der Waals surface area contributed by atoms with Crippen LogP contribution in [-0.2, 0) is 28.6 Å². The second-order valence-corrected chi connectivity index (χ2v) is 19.6. The molecule has 0 saturated heterocycles. The highest BCUT2D eigenvalue weighted by atomic mass is 16.6. The number of unbranched alkanes of at least 4 members (excludes halogenated alkanes) is 33. The third kappa shape index (κ3) is 47.7. The van der Waals surface area contributed by atoms with E-state index in [1.54, 1.807) is 0 Å². The van der Waals surface area contributed by atoms with E-state index < -0.39 is 6.10 Å². The van der Waals surface area contributed by atoms with Crippen molar-refractivity contribution in [2.45, 2.75) is 310 Å². The van der Waals surface area contributed by atoms with Crippen LogP contribution in [0.15, 0.2) is 0 Å². The Morgan fingerprint density at radius 2 is 0.623 bits per heavy atom. The summed E-state index contributed by atoms with van der Waals surface area (Å²) in [6.07, 6.45) is 49.4. The minimum Gasteiger partial charge on any atom is -0.462 e. The molecule has 0 fully saturated rings. The number of carbonyl (C=O) groups is 3. The fraction of sp³-hybridized carbons (Fsp3) is 0.945. The van der Waals surface area contributed by atoms with Gasteiger partial charge in [0.25, 0.3) is 0 Å². The summed E-state index contributed by atoms with van der Waals surface area (Å²) in [6.45, 7) is 11.4. The molecule has 0 saturated carbocycles. The highest BCUT2D eigenvalue weighted by Gasteiger charge is 2.19.